The van der Waals surface area contributed by atoms with Gasteiger partial charge in [-0.1, -0.05) is 72.8 Å². The Labute approximate surface area is 217 Å². The third-order valence-electron chi connectivity index (χ3n) is 7.73. The van der Waals surface area contributed by atoms with Gasteiger partial charge in [-0.15, -0.1) is 22.7 Å². The van der Waals surface area contributed by atoms with Crippen molar-refractivity contribution in [2.75, 3.05) is 0 Å². The molecule has 0 bridgehead atoms. The minimum atomic E-state index is 1.33. The van der Waals surface area contributed by atoms with Crippen molar-refractivity contribution < 1.29 is 0 Å². The summed E-state index contributed by atoms with van der Waals surface area (Å²) in [6, 6.07) is 36.3. The zero-order chi connectivity index (χ0) is 24.0. The van der Waals surface area contributed by atoms with Gasteiger partial charge >= 0.3 is 0 Å². The maximum atomic E-state index is 2.42. The van der Waals surface area contributed by atoms with Gasteiger partial charge in [-0.2, -0.15) is 0 Å². The van der Waals surface area contributed by atoms with Gasteiger partial charge in [0.15, 0.2) is 0 Å². The van der Waals surface area contributed by atoms with Crippen LogP contribution in [0.3, 0.4) is 0 Å². The van der Waals surface area contributed by atoms with E-state index in [0.717, 1.165) is 0 Å². The standard InChI is InChI=1S/C34H22S2/c1-19-9-7-13-21-25(19)17-29-31(23-11-3-5-15-27(23)35-29)33(21)34-22-14-8-10-20(2)26(22)18-30-32(34)24-12-4-6-16-28(24)36-30/h3-18H,1-2H3. The Morgan fingerprint density at radius 3 is 1.28 bits per heavy atom. The summed E-state index contributed by atoms with van der Waals surface area (Å²) >= 11 is 3.83. The van der Waals surface area contributed by atoms with Crippen LogP contribution in [-0.2, 0) is 0 Å². The number of rotatable bonds is 1. The van der Waals surface area contributed by atoms with Crippen molar-refractivity contribution in [2.45, 2.75) is 13.8 Å². The monoisotopic (exact) mass is 494 g/mol. The highest BCUT2D eigenvalue weighted by Gasteiger charge is 2.22. The molecule has 0 unspecified atom stereocenters. The molecule has 0 aliphatic heterocycles. The van der Waals surface area contributed by atoms with Crippen LogP contribution in [0.2, 0.25) is 0 Å². The van der Waals surface area contributed by atoms with E-state index in [0.29, 0.717) is 0 Å². The molecule has 0 nitrogen and oxygen atoms in total. The van der Waals surface area contributed by atoms with Crippen molar-refractivity contribution in [3.63, 3.8) is 0 Å². The van der Waals surface area contributed by atoms with Gasteiger partial charge in [0.25, 0.3) is 0 Å². The Balaban J connectivity index is 1.75. The van der Waals surface area contributed by atoms with Gasteiger partial charge in [-0.25, -0.2) is 0 Å². The molecule has 6 aromatic carbocycles. The second-order valence-electron chi connectivity index (χ2n) is 9.79. The van der Waals surface area contributed by atoms with Crippen LogP contribution < -0.4 is 0 Å². The van der Waals surface area contributed by atoms with Gasteiger partial charge in [-0.3, -0.25) is 0 Å². The molecular weight excluding hydrogens is 473 g/mol. The summed E-state index contributed by atoms with van der Waals surface area (Å²) in [4.78, 5) is 0. The summed E-state index contributed by atoms with van der Waals surface area (Å²) in [6.45, 7) is 4.49. The molecular formula is C34H22S2. The number of hydrogen-bond acceptors (Lipinski definition) is 2. The number of thiophene rings is 2. The maximum absolute atomic E-state index is 2.42. The van der Waals surface area contributed by atoms with Gasteiger partial charge in [0.1, 0.15) is 0 Å². The second-order valence-corrected chi connectivity index (χ2v) is 12.0. The molecule has 0 spiro atoms. The zero-order valence-electron chi connectivity index (χ0n) is 20.1. The van der Waals surface area contributed by atoms with Gasteiger partial charge in [0.05, 0.1) is 0 Å². The molecule has 0 fully saturated rings. The normalized spacial score (nSPS) is 12.2. The van der Waals surface area contributed by atoms with Gasteiger partial charge in [0, 0.05) is 51.5 Å². The molecule has 0 radical (unpaired) electrons. The molecule has 0 saturated carbocycles. The smallest absolute Gasteiger partial charge is 0.0368 e. The van der Waals surface area contributed by atoms with Crippen molar-refractivity contribution in [1.82, 2.24) is 0 Å². The van der Waals surface area contributed by atoms with E-state index in [2.05, 4.69) is 111 Å². The number of fused-ring (bicyclic) bond motifs is 8. The lowest BCUT2D eigenvalue weighted by atomic mass is 9.86. The van der Waals surface area contributed by atoms with E-state index in [1.807, 2.05) is 22.7 Å². The fraction of sp³-hybridized carbons (Fsp3) is 0.0588. The molecule has 36 heavy (non-hydrogen) atoms. The lowest BCUT2D eigenvalue weighted by molar-refractivity contribution is 1.54. The summed E-state index contributed by atoms with van der Waals surface area (Å²) in [5, 5.41) is 10.9. The van der Waals surface area contributed by atoms with Crippen LogP contribution in [0.1, 0.15) is 11.1 Å². The minimum Gasteiger partial charge on any atom is -0.135 e. The molecule has 2 heterocycles. The highest BCUT2D eigenvalue weighted by Crippen LogP contribution is 2.51. The Kier molecular flexibility index (Phi) is 4.20. The molecule has 2 aromatic heterocycles. The van der Waals surface area contributed by atoms with Gasteiger partial charge in [0.2, 0.25) is 0 Å². The molecule has 0 aliphatic rings. The quantitative estimate of drug-likeness (QED) is 0.213. The average molecular weight is 495 g/mol. The van der Waals surface area contributed by atoms with Crippen molar-refractivity contribution in [2.24, 2.45) is 0 Å². The maximum Gasteiger partial charge on any atom is 0.0368 e. The summed E-state index contributed by atoms with van der Waals surface area (Å²) in [6.07, 6.45) is 0. The first kappa shape index (κ1) is 20.5. The van der Waals surface area contributed by atoms with Crippen LogP contribution >= 0.6 is 22.7 Å². The molecule has 0 amide bonds. The number of hydrogen-bond donors (Lipinski definition) is 0. The van der Waals surface area contributed by atoms with E-state index < -0.39 is 0 Å². The summed E-state index contributed by atoms with van der Waals surface area (Å²) < 4.78 is 5.43. The average Bonchev–Trinajstić information content (AvgIpc) is 3.45. The van der Waals surface area contributed by atoms with E-state index in [1.165, 1.54) is 84.1 Å². The Bertz CT molecular complexity index is 2010. The van der Waals surface area contributed by atoms with Crippen molar-refractivity contribution in [3.8, 4) is 11.1 Å². The first-order valence-corrected chi connectivity index (χ1v) is 14.0. The highest BCUT2D eigenvalue weighted by molar-refractivity contribution is 7.26. The molecule has 8 rings (SSSR count). The van der Waals surface area contributed by atoms with E-state index in [-0.39, 0.29) is 0 Å². The fourth-order valence-electron chi connectivity index (χ4n) is 6.08. The highest BCUT2D eigenvalue weighted by atomic mass is 32.1. The van der Waals surface area contributed by atoms with E-state index in [1.54, 1.807) is 0 Å². The molecule has 0 N–H and O–H groups in total. The minimum absolute atomic E-state index is 1.33. The van der Waals surface area contributed by atoms with E-state index in [9.17, 15) is 0 Å². The van der Waals surface area contributed by atoms with E-state index >= 15 is 0 Å². The number of aryl methyl sites for hydroxylation is 2. The topological polar surface area (TPSA) is 0 Å². The van der Waals surface area contributed by atoms with Crippen molar-refractivity contribution in [3.05, 3.63) is 108 Å². The second kappa shape index (κ2) is 7.39. The van der Waals surface area contributed by atoms with Gasteiger partial charge in [-0.05, 0) is 70.8 Å². The number of benzene rings is 6. The predicted octanol–water partition coefficient (Wildman–Crippen LogP) is 11.0. The summed E-state index contributed by atoms with van der Waals surface area (Å²) in [5.41, 5.74) is 5.42. The predicted molar refractivity (Wildman–Crippen MR) is 162 cm³/mol. The molecule has 2 heteroatoms. The lowest BCUT2D eigenvalue weighted by Gasteiger charge is -2.17. The first-order chi connectivity index (χ1) is 17.7. The van der Waals surface area contributed by atoms with Crippen LogP contribution in [0.25, 0.3) is 73.0 Å². The Morgan fingerprint density at radius 2 is 0.806 bits per heavy atom. The summed E-state index contributed by atoms with van der Waals surface area (Å²) in [7, 11) is 0. The Hall–Kier alpha value is -3.72. The van der Waals surface area contributed by atoms with Crippen LogP contribution in [0, 0.1) is 13.8 Å². The van der Waals surface area contributed by atoms with Crippen LogP contribution in [0.15, 0.2) is 97.1 Å². The third kappa shape index (κ3) is 2.69. The molecule has 8 aromatic rings. The van der Waals surface area contributed by atoms with Crippen molar-refractivity contribution in [1.29, 1.82) is 0 Å². The lowest BCUT2D eigenvalue weighted by Crippen LogP contribution is -1.90. The van der Waals surface area contributed by atoms with Crippen LogP contribution in [0.4, 0.5) is 0 Å². The fourth-order valence-corrected chi connectivity index (χ4v) is 8.39. The van der Waals surface area contributed by atoms with E-state index in [4.69, 9.17) is 0 Å². The first-order valence-electron chi connectivity index (χ1n) is 12.4. The van der Waals surface area contributed by atoms with Crippen molar-refractivity contribution >= 4 is 84.6 Å². The van der Waals surface area contributed by atoms with Crippen LogP contribution in [0.5, 0.6) is 0 Å². The largest absolute Gasteiger partial charge is 0.135 e. The zero-order valence-corrected chi connectivity index (χ0v) is 21.7. The SMILES string of the molecule is Cc1cccc2c(-c3c4cccc(C)c4cc4sc5ccccc5c34)c3c(cc12)sc1ccccc13. The Morgan fingerprint density at radius 1 is 0.389 bits per heavy atom. The molecule has 0 atom stereocenters. The molecule has 0 aliphatic carbocycles. The van der Waals surface area contributed by atoms with Gasteiger partial charge < -0.3 is 0 Å². The molecule has 170 valence electrons. The van der Waals surface area contributed by atoms with Crippen LogP contribution in [-0.4, -0.2) is 0 Å². The molecule has 0 saturated heterocycles. The summed E-state index contributed by atoms with van der Waals surface area (Å²) in [5.74, 6) is 0. The third-order valence-corrected chi connectivity index (χ3v) is 9.97.